The summed E-state index contributed by atoms with van der Waals surface area (Å²) < 4.78 is 43.5. The van der Waals surface area contributed by atoms with E-state index in [0.717, 1.165) is 5.56 Å². The van der Waals surface area contributed by atoms with E-state index in [-0.39, 0.29) is 5.69 Å². The number of rotatable bonds is 2. The predicted octanol–water partition coefficient (Wildman–Crippen LogP) is 1.21. The van der Waals surface area contributed by atoms with Crippen LogP contribution in [0.25, 0.3) is 0 Å². The van der Waals surface area contributed by atoms with E-state index in [1.165, 1.54) is 12.1 Å². The van der Waals surface area contributed by atoms with Crippen LogP contribution in [0.4, 0.5) is 5.69 Å². The Hall–Kier alpha value is -1.02. The summed E-state index contributed by atoms with van der Waals surface area (Å²) in [5, 5.41) is 0. The van der Waals surface area contributed by atoms with Gasteiger partial charge in [0.05, 0.1) is 0 Å². The Bertz CT molecular complexity index is 353. The van der Waals surface area contributed by atoms with Gasteiger partial charge in [0.15, 0.2) is 0 Å². The minimum Gasteiger partial charge on any atom is -0.378 e. The van der Waals surface area contributed by atoms with Crippen LogP contribution in [-0.2, 0) is 6.54 Å². The van der Waals surface area contributed by atoms with Crippen LogP contribution in [0.2, 0.25) is 0 Å². The normalized spacial score (nSPS) is 20.1. The quantitative estimate of drug-likeness (QED) is 0.697. The maximum atomic E-state index is 7.26. The lowest BCUT2D eigenvalue weighted by Gasteiger charge is -2.11. The second kappa shape index (κ2) is 3.39. The van der Waals surface area contributed by atoms with Gasteiger partial charge in [0.25, 0.3) is 0 Å². The molecule has 0 aliphatic carbocycles. The Kier molecular flexibility index (Phi) is 0.972. The van der Waals surface area contributed by atoms with Gasteiger partial charge in [-0.3, -0.25) is 0 Å². The molecule has 0 unspecified atom stereocenters. The van der Waals surface area contributed by atoms with Crippen molar-refractivity contribution in [3.63, 3.8) is 0 Å². The first-order valence-electron chi connectivity index (χ1n) is 6.25. The lowest BCUT2D eigenvalue weighted by molar-refractivity contribution is 1.06. The summed E-state index contributed by atoms with van der Waals surface area (Å²) in [5.74, 6) is 0. The molecule has 1 aromatic carbocycles. The van der Waals surface area contributed by atoms with E-state index in [9.17, 15) is 0 Å². The predicted molar refractivity (Wildman–Crippen MR) is 48.7 cm³/mol. The molecule has 0 saturated carbocycles. The smallest absolute Gasteiger partial charge is 0.0456 e. The first kappa shape index (κ1) is 3.15. The van der Waals surface area contributed by atoms with Gasteiger partial charge in [0.1, 0.15) is 0 Å². The zero-order valence-electron chi connectivity index (χ0n) is 12.0. The Morgan fingerprint density at radius 2 is 2.00 bits per heavy atom. The van der Waals surface area contributed by atoms with Crippen LogP contribution in [0.5, 0.6) is 0 Å². The number of nitrogens with zero attached hydrogens (tertiary/aromatic N) is 1. The first-order chi connectivity index (χ1) is 7.66. The van der Waals surface area contributed by atoms with E-state index in [2.05, 4.69) is 0 Å². The summed E-state index contributed by atoms with van der Waals surface area (Å²) in [7, 11) is 0. The monoisotopic (exact) mass is 156 g/mol. The van der Waals surface area contributed by atoms with E-state index in [1.54, 1.807) is 12.1 Å². The van der Waals surface area contributed by atoms with Gasteiger partial charge in [-0.2, -0.15) is 0 Å². The van der Waals surface area contributed by atoms with Crippen molar-refractivity contribution in [2.75, 3.05) is 18.9 Å². The van der Waals surface area contributed by atoms with Gasteiger partial charge in [-0.05, 0) is 17.7 Å². The molecule has 0 aliphatic heterocycles. The minimum absolute atomic E-state index is 0.127. The zero-order chi connectivity index (χ0) is 13.3. The SMILES string of the molecule is [2H]C([2H])([2H])N(c1ccc(CN)cc1)C([2H])([2H])[2H]. The summed E-state index contributed by atoms with van der Waals surface area (Å²) in [6.07, 6.45) is 0. The molecule has 2 nitrogen and oxygen atoms in total. The van der Waals surface area contributed by atoms with Crippen molar-refractivity contribution in [3.05, 3.63) is 29.8 Å². The first-order valence-corrected chi connectivity index (χ1v) is 3.25. The third-order valence-electron chi connectivity index (χ3n) is 1.43. The Morgan fingerprint density at radius 3 is 2.45 bits per heavy atom. The highest BCUT2D eigenvalue weighted by Crippen LogP contribution is 2.11. The molecule has 0 bridgehead atoms. The van der Waals surface area contributed by atoms with Gasteiger partial charge in [0, 0.05) is 34.4 Å². The van der Waals surface area contributed by atoms with Crippen molar-refractivity contribution in [2.45, 2.75) is 6.54 Å². The van der Waals surface area contributed by atoms with E-state index >= 15 is 0 Å². The highest BCUT2D eigenvalue weighted by Gasteiger charge is 1.92. The van der Waals surface area contributed by atoms with Crippen LogP contribution in [0.15, 0.2) is 24.3 Å². The average molecular weight is 156 g/mol. The fourth-order valence-corrected chi connectivity index (χ4v) is 0.781. The molecule has 0 aromatic heterocycles. The molecular weight excluding hydrogens is 136 g/mol. The van der Waals surface area contributed by atoms with Crippen LogP contribution < -0.4 is 10.6 Å². The molecule has 0 spiro atoms. The van der Waals surface area contributed by atoms with Crippen LogP contribution >= 0.6 is 0 Å². The van der Waals surface area contributed by atoms with E-state index < -0.39 is 14.0 Å². The van der Waals surface area contributed by atoms with Crippen LogP contribution in [-0.4, -0.2) is 14.0 Å². The van der Waals surface area contributed by atoms with E-state index in [1.807, 2.05) is 0 Å². The second-order valence-electron chi connectivity index (χ2n) is 2.21. The third-order valence-corrected chi connectivity index (χ3v) is 1.43. The van der Waals surface area contributed by atoms with Gasteiger partial charge < -0.3 is 10.6 Å². The fourth-order valence-electron chi connectivity index (χ4n) is 0.781. The number of hydrogen-bond acceptors (Lipinski definition) is 2. The van der Waals surface area contributed by atoms with Gasteiger partial charge in [-0.15, -0.1) is 0 Å². The Labute approximate surface area is 76.1 Å². The summed E-state index contributed by atoms with van der Waals surface area (Å²) in [6.45, 7) is -5.10. The van der Waals surface area contributed by atoms with Gasteiger partial charge >= 0.3 is 0 Å². The molecule has 1 rings (SSSR count). The molecule has 0 radical (unpaired) electrons. The number of hydrogen-bond donors (Lipinski definition) is 1. The molecule has 0 aliphatic rings. The molecule has 0 fully saturated rings. The molecule has 11 heavy (non-hydrogen) atoms. The maximum Gasteiger partial charge on any atom is 0.0456 e. The standard InChI is InChI=1S/C9H14N2/c1-11(2)9-5-3-8(7-10)4-6-9/h3-6H,7,10H2,1-2H3/i1D3,2D3. The lowest BCUT2D eigenvalue weighted by atomic mass is 10.2. The molecular formula is C9H14N2. The maximum absolute atomic E-state index is 7.26. The summed E-state index contributed by atoms with van der Waals surface area (Å²) in [6, 6.07) is 6.11. The Morgan fingerprint density at radius 1 is 1.36 bits per heavy atom. The summed E-state index contributed by atoms with van der Waals surface area (Å²) in [4.78, 5) is 0.445. The van der Waals surface area contributed by atoms with E-state index in [4.69, 9.17) is 14.0 Å². The highest BCUT2D eigenvalue weighted by atomic mass is 15.1. The summed E-state index contributed by atoms with van der Waals surface area (Å²) >= 11 is 0. The summed E-state index contributed by atoms with van der Waals surface area (Å²) in [5.41, 5.74) is 6.35. The minimum atomic E-state index is -2.71. The van der Waals surface area contributed by atoms with Crippen molar-refractivity contribution in [1.82, 2.24) is 0 Å². The molecule has 1 aromatic rings. The molecule has 0 heterocycles. The second-order valence-corrected chi connectivity index (χ2v) is 2.21. The number of nitrogens with two attached hydrogens (primary N) is 1. The van der Waals surface area contributed by atoms with Crippen LogP contribution in [0.1, 0.15) is 13.8 Å². The fraction of sp³-hybridized carbons (Fsp3) is 0.333. The number of anilines is 1. The largest absolute Gasteiger partial charge is 0.378 e. The molecule has 2 heteroatoms. The van der Waals surface area contributed by atoms with Crippen molar-refractivity contribution in [1.29, 1.82) is 0 Å². The van der Waals surface area contributed by atoms with Crippen molar-refractivity contribution in [2.24, 2.45) is 5.73 Å². The van der Waals surface area contributed by atoms with Crippen molar-refractivity contribution >= 4 is 5.69 Å². The molecule has 0 amide bonds. The Balaban J connectivity index is 3.14. The van der Waals surface area contributed by atoms with Crippen LogP contribution in [0.3, 0.4) is 0 Å². The average Bonchev–Trinajstić information content (AvgIpc) is 2.14. The van der Waals surface area contributed by atoms with Crippen molar-refractivity contribution in [3.8, 4) is 0 Å². The molecule has 0 atom stereocenters. The van der Waals surface area contributed by atoms with E-state index in [0.29, 0.717) is 11.4 Å². The van der Waals surface area contributed by atoms with Crippen LogP contribution in [0, 0.1) is 0 Å². The van der Waals surface area contributed by atoms with Gasteiger partial charge in [-0.1, -0.05) is 12.1 Å². The van der Waals surface area contributed by atoms with Crippen molar-refractivity contribution < 1.29 is 8.22 Å². The highest BCUT2D eigenvalue weighted by molar-refractivity contribution is 5.45. The topological polar surface area (TPSA) is 29.3 Å². The molecule has 0 saturated heterocycles. The van der Waals surface area contributed by atoms with Gasteiger partial charge in [-0.25, -0.2) is 0 Å². The van der Waals surface area contributed by atoms with Gasteiger partial charge in [0.2, 0.25) is 0 Å². The zero-order valence-corrected chi connectivity index (χ0v) is 6.04. The molecule has 2 N–H and O–H groups in total. The molecule has 60 valence electrons. The third kappa shape index (κ3) is 1.95. The lowest BCUT2D eigenvalue weighted by Crippen LogP contribution is -2.08. The number of benzene rings is 1.